The second-order valence-corrected chi connectivity index (χ2v) is 6.74. The molecular weight excluding hydrogens is 280 g/mol. The minimum Gasteiger partial charge on any atom is -0.361 e. The highest BCUT2D eigenvalue weighted by Crippen LogP contribution is 2.19. The van der Waals surface area contributed by atoms with Gasteiger partial charge in [-0.25, -0.2) is 0 Å². The van der Waals surface area contributed by atoms with E-state index in [-0.39, 0.29) is 0 Å². The lowest BCUT2D eigenvalue weighted by atomic mass is 10.0. The first kappa shape index (κ1) is 15.8. The molecule has 1 heterocycles. The molecule has 3 rings (SSSR count). The second-order valence-electron chi connectivity index (χ2n) is 6.74. The van der Waals surface area contributed by atoms with Crippen molar-refractivity contribution in [3.63, 3.8) is 0 Å². The highest BCUT2D eigenvalue weighted by atomic mass is 15.1. The maximum absolute atomic E-state index is 3.36. The van der Waals surface area contributed by atoms with E-state index in [4.69, 9.17) is 0 Å². The van der Waals surface area contributed by atoms with Crippen molar-refractivity contribution in [1.82, 2.24) is 9.88 Å². The molecule has 0 aliphatic heterocycles. The molecule has 23 heavy (non-hydrogen) atoms. The Bertz CT molecular complexity index is 753. The normalized spacial score (nSPS) is 11.7. The molecule has 2 aromatic carbocycles. The number of fused-ring (bicyclic) bond motifs is 1. The van der Waals surface area contributed by atoms with Crippen LogP contribution in [0.5, 0.6) is 0 Å². The number of nitrogens with zero attached hydrogens (tertiary/aromatic N) is 1. The lowest BCUT2D eigenvalue weighted by Crippen LogP contribution is -2.20. The van der Waals surface area contributed by atoms with E-state index in [9.17, 15) is 0 Å². The van der Waals surface area contributed by atoms with Crippen molar-refractivity contribution < 1.29 is 0 Å². The Labute approximate surface area is 139 Å². The van der Waals surface area contributed by atoms with E-state index in [2.05, 4.69) is 85.5 Å². The highest BCUT2D eigenvalue weighted by molar-refractivity contribution is 5.83. The summed E-state index contributed by atoms with van der Waals surface area (Å²) in [6.07, 6.45) is 3.22. The van der Waals surface area contributed by atoms with E-state index in [0.717, 1.165) is 19.5 Å². The average molecular weight is 306 g/mol. The van der Waals surface area contributed by atoms with Gasteiger partial charge in [0.15, 0.2) is 0 Å². The van der Waals surface area contributed by atoms with Crippen LogP contribution in [0.2, 0.25) is 0 Å². The Morgan fingerprint density at radius 3 is 2.48 bits per heavy atom. The number of para-hydroxylation sites is 1. The zero-order valence-electron chi connectivity index (χ0n) is 14.3. The van der Waals surface area contributed by atoms with Crippen molar-refractivity contribution in [3.05, 3.63) is 71.4 Å². The lowest BCUT2D eigenvalue weighted by Gasteiger charge is -2.17. The fraction of sp³-hybridized carbons (Fsp3) is 0.333. The van der Waals surface area contributed by atoms with Gasteiger partial charge in [0, 0.05) is 30.2 Å². The molecule has 0 aliphatic rings. The zero-order chi connectivity index (χ0) is 16.2. The van der Waals surface area contributed by atoms with Crippen LogP contribution < -0.4 is 0 Å². The fourth-order valence-electron chi connectivity index (χ4n) is 3.05. The van der Waals surface area contributed by atoms with Crippen LogP contribution in [-0.4, -0.2) is 23.5 Å². The van der Waals surface area contributed by atoms with E-state index >= 15 is 0 Å². The molecule has 0 saturated heterocycles. The zero-order valence-corrected chi connectivity index (χ0v) is 14.3. The Kier molecular flexibility index (Phi) is 4.82. The van der Waals surface area contributed by atoms with Gasteiger partial charge in [-0.1, -0.05) is 56.3 Å². The molecule has 0 radical (unpaired) electrons. The number of nitrogens with one attached hydrogen (secondary N) is 1. The summed E-state index contributed by atoms with van der Waals surface area (Å²) < 4.78 is 0. The molecule has 0 unspecified atom stereocenters. The molecule has 2 nitrogen and oxygen atoms in total. The van der Waals surface area contributed by atoms with Crippen molar-refractivity contribution in [2.75, 3.05) is 13.6 Å². The maximum atomic E-state index is 3.36. The van der Waals surface area contributed by atoms with E-state index < -0.39 is 0 Å². The largest absolute Gasteiger partial charge is 0.361 e. The topological polar surface area (TPSA) is 19.0 Å². The molecule has 0 atom stereocenters. The summed E-state index contributed by atoms with van der Waals surface area (Å²) in [6, 6.07) is 17.6. The van der Waals surface area contributed by atoms with Crippen LogP contribution >= 0.6 is 0 Å². The molecular formula is C21H26N2. The highest BCUT2D eigenvalue weighted by Gasteiger charge is 2.06. The summed E-state index contributed by atoms with van der Waals surface area (Å²) in [5, 5.41) is 1.35. The number of likely N-dealkylation sites (N-methyl/N-ethyl adjacent to an activating group) is 1. The SMILES string of the molecule is CC(C)c1ccc(CN(C)CCc2c[nH]c3ccccc23)cc1. The first-order chi connectivity index (χ1) is 11.1. The number of rotatable bonds is 6. The minimum atomic E-state index is 0.601. The Balaban J connectivity index is 1.58. The van der Waals surface area contributed by atoms with Gasteiger partial charge in [-0.2, -0.15) is 0 Å². The Hall–Kier alpha value is -2.06. The molecule has 0 bridgehead atoms. The number of benzene rings is 2. The number of aromatic nitrogens is 1. The van der Waals surface area contributed by atoms with E-state index in [1.54, 1.807) is 0 Å². The quantitative estimate of drug-likeness (QED) is 0.681. The van der Waals surface area contributed by atoms with Gasteiger partial charge in [0.2, 0.25) is 0 Å². The smallest absolute Gasteiger partial charge is 0.0456 e. The summed E-state index contributed by atoms with van der Waals surface area (Å²) in [7, 11) is 2.20. The van der Waals surface area contributed by atoms with Crippen molar-refractivity contribution >= 4 is 10.9 Å². The van der Waals surface area contributed by atoms with Crippen LogP contribution in [0.3, 0.4) is 0 Å². The summed E-state index contributed by atoms with van der Waals surface area (Å²) >= 11 is 0. The first-order valence-electron chi connectivity index (χ1n) is 8.46. The van der Waals surface area contributed by atoms with E-state index in [1.165, 1.54) is 27.6 Å². The number of hydrogen-bond donors (Lipinski definition) is 1. The average Bonchev–Trinajstić information content (AvgIpc) is 2.97. The summed E-state index contributed by atoms with van der Waals surface area (Å²) in [6.45, 7) is 6.54. The molecule has 0 spiro atoms. The molecule has 120 valence electrons. The van der Waals surface area contributed by atoms with Gasteiger partial charge in [-0.3, -0.25) is 0 Å². The predicted molar refractivity (Wildman–Crippen MR) is 98.9 cm³/mol. The summed E-state index contributed by atoms with van der Waals surface area (Å²) in [4.78, 5) is 5.75. The molecule has 2 heteroatoms. The third-order valence-corrected chi connectivity index (χ3v) is 4.54. The van der Waals surface area contributed by atoms with E-state index in [0.29, 0.717) is 5.92 Å². The van der Waals surface area contributed by atoms with E-state index in [1.807, 2.05) is 0 Å². The molecule has 0 amide bonds. The van der Waals surface area contributed by atoms with Gasteiger partial charge < -0.3 is 9.88 Å². The van der Waals surface area contributed by atoms with Crippen molar-refractivity contribution in [2.45, 2.75) is 32.7 Å². The Morgan fingerprint density at radius 1 is 1.00 bits per heavy atom. The van der Waals surface area contributed by atoms with Crippen molar-refractivity contribution in [2.24, 2.45) is 0 Å². The standard InChI is InChI=1S/C21H26N2/c1-16(2)18-10-8-17(9-11-18)15-23(3)13-12-19-14-22-21-7-5-4-6-20(19)21/h4-11,14,16,22H,12-13,15H2,1-3H3. The van der Waals surface area contributed by atoms with Crippen LogP contribution in [0, 0.1) is 0 Å². The van der Waals surface area contributed by atoms with Crippen LogP contribution in [0.4, 0.5) is 0 Å². The van der Waals surface area contributed by atoms with Gasteiger partial charge in [-0.05, 0) is 42.1 Å². The number of hydrogen-bond acceptors (Lipinski definition) is 1. The third kappa shape index (κ3) is 3.83. The molecule has 0 aliphatic carbocycles. The molecule has 1 N–H and O–H groups in total. The van der Waals surface area contributed by atoms with Crippen LogP contribution in [0.25, 0.3) is 10.9 Å². The summed E-state index contributed by atoms with van der Waals surface area (Å²) in [5.41, 5.74) is 5.43. The first-order valence-corrected chi connectivity index (χ1v) is 8.46. The van der Waals surface area contributed by atoms with Gasteiger partial charge >= 0.3 is 0 Å². The molecule has 0 fully saturated rings. The van der Waals surface area contributed by atoms with Gasteiger partial charge in [0.1, 0.15) is 0 Å². The van der Waals surface area contributed by atoms with Crippen molar-refractivity contribution in [3.8, 4) is 0 Å². The number of aromatic amines is 1. The van der Waals surface area contributed by atoms with Gasteiger partial charge in [-0.15, -0.1) is 0 Å². The van der Waals surface area contributed by atoms with Gasteiger partial charge in [0.05, 0.1) is 0 Å². The van der Waals surface area contributed by atoms with Crippen molar-refractivity contribution in [1.29, 1.82) is 0 Å². The summed E-state index contributed by atoms with van der Waals surface area (Å²) in [5.74, 6) is 0.601. The molecule has 0 saturated carbocycles. The lowest BCUT2D eigenvalue weighted by molar-refractivity contribution is 0.331. The van der Waals surface area contributed by atoms with Gasteiger partial charge in [0.25, 0.3) is 0 Å². The predicted octanol–water partition coefficient (Wildman–Crippen LogP) is 4.97. The van der Waals surface area contributed by atoms with Crippen LogP contribution in [0.1, 0.15) is 36.5 Å². The van der Waals surface area contributed by atoms with Crippen LogP contribution in [-0.2, 0) is 13.0 Å². The fourth-order valence-corrected chi connectivity index (χ4v) is 3.05. The molecule has 1 aromatic heterocycles. The molecule has 3 aromatic rings. The second kappa shape index (κ2) is 7.01. The monoisotopic (exact) mass is 306 g/mol. The third-order valence-electron chi connectivity index (χ3n) is 4.54. The van der Waals surface area contributed by atoms with Crippen LogP contribution in [0.15, 0.2) is 54.7 Å². The minimum absolute atomic E-state index is 0.601. The maximum Gasteiger partial charge on any atom is 0.0456 e. The number of H-pyrrole nitrogens is 1. The Morgan fingerprint density at radius 2 is 1.74 bits per heavy atom.